The van der Waals surface area contributed by atoms with E-state index in [4.69, 9.17) is 4.74 Å². The first-order valence-electron chi connectivity index (χ1n) is 12.9. The molecular formula is C30H35F2N3O3. The van der Waals surface area contributed by atoms with Gasteiger partial charge in [0.25, 0.3) is 5.91 Å². The predicted octanol–water partition coefficient (Wildman–Crippen LogP) is 4.99. The van der Waals surface area contributed by atoms with Crippen LogP contribution in [0.2, 0.25) is 0 Å². The summed E-state index contributed by atoms with van der Waals surface area (Å²) in [7, 11) is 0. The molecule has 0 bridgehead atoms. The van der Waals surface area contributed by atoms with Gasteiger partial charge in [-0.15, -0.1) is 0 Å². The van der Waals surface area contributed by atoms with E-state index >= 15 is 0 Å². The molecule has 8 heteroatoms. The molecule has 3 atom stereocenters. The fourth-order valence-corrected chi connectivity index (χ4v) is 4.64. The highest BCUT2D eigenvalue weighted by Gasteiger charge is 2.26. The van der Waals surface area contributed by atoms with Gasteiger partial charge in [-0.1, -0.05) is 18.2 Å². The quantitative estimate of drug-likeness (QED) is 0.318. The molecule has 0 aliphatic carbocycles. The van der Waals surface area contributed by atoms with Gasteiger partial charge in [0.05, 0.1) is 12.1 Å². The highest BCUT2D eigenvalue weighted by Crippen LogP contribution is 2.34. The molecule has 4 rings (SSSR count). The van der Waals surface area contributed by atoms with Gasteiger partial charge < -0.3 is 25.8 Å². The van der Waals surface area contributed by atoms with Crippen molar-refractivity contribution < 1.29 is 23.4 Å². The molecule has 0 fully saturated rings. The third kappa shape index (κ3) is 7.52. The molecule has 6 nitrogen and oxygen atoms in total. The van der Waals surface area contributed by atoms with Crippen LogP contribution in [0.15, 0.2) is 66.7 Å². The third-order valence-electron chi connectivity index (χ3n) is 6.34. The van der Waals surface area contributed by atoms with Crippen LogP contribution in [-0.2, 0) is 6.42 Å². The zero-order chi connectivity index (χ0) is 27.3. The first-order chi connectivity index (χ1) is 18.1. The van der Waals surface area contributed by atoms with Gasteiger partial charge in [0, 0.05) is 36.4 Å². The minimum Gasteiger partial charge on any atom is -0.488 e. The number of halogens is 2. The second-order valence-corrected chi connectivity index (χ2v) is 10.6. The molecule has 0 spiro atoms. The smallest absolute Gasteiger partial charge is 0.251 e. The third-order valence-corrected chi connectivity index (χ3v) is 6.34. The molecule has 0 unspecified atom stereocenters. The number of carbonyl (C=O) groups is 1. The molecule has 1 aliphatic heterocycles. The van der Waals surface area contributed by atoms with E-state index in [0.29, 0.717) is 11.1 Å². The van der Waals surface area contributed by atoms with E-state index in [1.54, 1.807) is 30.3 Å². The monoisotopic (exact) mass is 523 g/mol. The Labute approximate surface area is 222 Å². The van der Waals surface area contributed by atoms with Gasteiger partial charge in [-0.05, 0) is 87.2 Å². The molecule has 1 amide bonds. The summed E-state index contributed by atoms with van der Waals surface area (Å²) in [4.78, 5) is 12.9. The lowest BCUT2D eigenvalue weighted by atomic mass is 9.96. The van der Waals surface area contributed by atoms with Gasteiger partial charge in [0.1, 0.15) is 23.0 Å². The zero-order valence-corrected chi connectivity index (χ0v) is 21.9. The van der Waals surface area contributed by atoms with Gasteiger partial charge in [-0.3, -0.25) is 4.79 Å². The number of rotatable bonds is 9. The molecule has 1 aliphatic rings. The Bertz CT molecular complexity index is 1230. The van der Waals surface area contributed by atoms with Crippen LogP contribution in [0, 0.1) is 11.6 Å². The molecular weight excluding hydrogens is 488 g/mol. The summed E-state index contributed by atoms with van der Waals surface area (Å²) < 4.78 is 33.7. The van der Waals surface area contributed by atoms with Gasteiger partial charge in [-0.25, -0.2) is 8.78 Å². The first kappa shape index (κ1) is 27.5. The van der Waals surface area contributed by atoms with Gasteiger partial charge >= 0.3 is 0 Å². The van der Waals surface area contributed by atoms with Crippen molar-refractivity contribution in [1.82, 2.24) is 10.6 Å². The Balaban J connectivity index is 1.50. The Morgan fingerprint density at radius 2 is 1.79 bits per heavy atom. The molecule has 0 saturated carbocycles. The number of hydrogen-bond donors (Lipinski definition) is 4. The number of benzene rings is 3. The number of fused-ring (bicyclic) bond motifs is 1. The van der Waals surface area contributed by atoms with E-state index in [9.17, 15) is 18.7 Å². The summed E-state index contributed by atoms with van der Waals surface area (Å²) in [6.07, 6.45) is -0.182. The predicted molar refractivity (Wildman–Crippen MR) is 144 cm³/mol. The van der Waals surface area contributed by atoms with Gasteiger partial charge in [0.2, 0.25) is 0 Å². The maximum atomic E-state index is 13.9. The fraction of sp³-hybridized carbons (Fsp3) is 0.367. The largest absolute Gasteiger partial charge is 0.488 e. The molecule has 4 N–H and O–H groups in total. The number of aliphatic hydroxyl groups excluding tert-OH is 1. The molecule has 202 valence electrons. The van der Waals surface area contributed by atoms with Crippen LogP contribution in [-0.4, -0.2) is 41.9 Å². The van der Waals surface area contributed by atoms with E-state index in [-0.39, 0.29) is 30.5 Å². The molecule has 3 aromatic rings. The number of hydrogen-bond acceptors (Lipinski definition) is 5. The fourth-order valence-electron chi connectivity index (χ4n) is 4.64. The molecule has 1 heterocycles. The van der Waals surface area contributed by atoms with Crippen molar-refractivity contribution in [3.05, 3.63) is 95.1 Å². The number of anilines is 1. The average Bonchev–Trinajstić information content (AvgIpc) is 2.85. The standard InChI is InChI=1S/C30H35F2N3O3/c1-30(2,3)38-23-9-10-25-24(17-23)26(11-12-33-25)34-18-28(36)27(15-19-13-21(31)16-22(32)14-19)35-29(37)20-7-5-4-6-8-20/h4-10,13-14,16-17,26-28,33-34,36H,11-12,15,18H2,1-3H3,(H,35,37)/t26-,27-,28-/m0/s1. The molecule has 3 aromatic carbocycles. The number of aliphatic hydroxyl groups is 1. The van der Waals surface area contributed by atoms with E-state index in [0.717, 1.165) is 36.0 Å². The lowest BCUT2D eigenvalue weighted by Crippen LogP contribution is -2.49. The topological polar surface area (TPSA) is 82.6 Å². The maximum Gasteiger partial charge on any atom is 0.251 e. The van der Waals surface area contributed by atoms with E-state index in [1.165, 1.54) is 12.1 Å². The van der Waals surface area contributed by atoms with Crippen molar-refractivity contribution >= 4 is 11.6 Å². The Kier molecular flexibility index (Phi) is 8.64. The molecule has 0 aromatic heterocycles. The summed E-state index contributed by atoms with van der Waals surface area (Å²) in [6.45, 7) is 6.89. The van der Waals surface area contributed by atoms with Crippen LogP contribution >= 0.6 is 0 Å². The lowest BCUT2D eigenvalue weighted by Gasteiger charge is -2.31. The van der Waals surface area contributed by atoms with E-state index in [1.807, 2.05) is 39.0 Å². The van der Waals surface area contributed by atoms with Crippen LogP contribution in [0.1, 0.15) is 54.7 Å². The number of nitrogens with one attached hydrogen (secondary N) is 3. The summed E-state index contributed by atoms with van der Waals surface area (Å²) in [6, 6.07) is 16.9. The summed E-state index contributed by atoms with van der Waals surface area (Å²) >= 11 is 0. The van der Waals surface area contributed by atoms with E-state index in [2.05, 4.69) is 16.0 Å². The lowest BCUT2D eigenvalue weighted by molar-refractivity contribution is 0.0823. The molecule has 38 heavy (non-hydrogen) atoms. The molecule has 0 radical (unpaired) electrons. The minimum atomic E-state index is -1.03. The second kappa shape index (κ2) is 11.9. The zero-order valence-electron chi connectivity index (χ0n) is 21.9. The number of ether oxygens (including phenoxy) is 1. The Morgan fingerprint density at radius 1 is 1.08 bits per heavy atom. The van der Waals surface area contributed by atoms with Crippen LogP contribution in [0.5, 0.6) is 5.75 Å². The summed E-state index contributed by atoms with van der Waals surface area (Å²) in [5, 5.41) is 20.9. The van der Waals surface area contributed by atoms with Crippen molar-refractivity contribution in [2.75, 3.05) is 18.4 Å². The van der Waals surface area contributed by atoms with E-state index < -0.39 is 23.8 Å². The van der Waals surface area contributed by atoms with Gasteiger partial charge in [-0.2, -0.15) is 0 Å². The minimum absolute atomic E-state index is 0.0542. The second-order valence-electron chi connectivity index (χ2n) is 10.6. The van der Waals surface area contributed by atoms with Crippen molar-refractivity contribution in [3.8, 4) is 5.75 Å². The van der Waals surface area contributed by atoms with Crippen LogP contribution in [0.3, 0.4) is 0 Å². The highest BCUT2D eigenvalue weighted by molar-refractivity contribution is 5.94. The number of amides is 1. The number of carbonyl (C=O) groups excluding carboxylic acids is 1. The van der Waals surface area contributed by atoms with Crippen LogP contribution in [0.25, 0.3) is 0 Å². The average molecular weight is 524 g/mol. The molecule has 0 saturated heterocycles. The van der Waals surface area contributed by atoms with Crippen molar-refractivity contribution in [1.29, 1.82) is 0 Å². The highest BCUT2D eigenvalue weighted by atomic mass is 19.1. The van der Waals surface area contributed by atoms with Crippen molar-refractivity contribution in [2.45, 2.75) is 57.4 Å². The van der Waals surface area contributed by atoms with Crippen LogP contribution in [0.4, 0.5) is 14.5 Å². The maximum absolute atomic E-state index is 13.9. The summed E-state index contributed by atoms with van der Waals surface area (Å²) in [5.74, 6) is -1.03. The normalized spacial score (nSPS) is 16.6. The summed E-state index contributed by atoms with van der Waals surface area (Å²) in [5.41, 5.74) is 2.46. The first-order valence-corrected chi connectivity index (χ1v) is 12.9. The van der Waals surface area contributed by atoms with Gasteiger partial charge in [0.15, 0.2) is 0 Å². The van der Waals surface area contributed by atoms with Crippen LogP contribution < -0.4 is 20.7 Å². The Hall–Kier alpha value is -3.49. The van der Waals surface area contributed by atoms with Crippen molar-refractivity contribution in [2.24, 2.45) is 0 Å². The SMILES string of the molecule is CC(C)(C)Oc1ccc2c(c1)[C@@H](NC[C@H](O)[C@H](Cc1cc(F)cc(F)c1)NC(=O)c1ccccc1)CCN2. The Morgan fingerprint density at radius 3 is 2.47 bits per heavy atom. The van der Waals surface area contributed by atoms with Crippen molar-refractivity contribution in [3.63, 3.8) is 0 Å².